The number of allylic oxidation sites excluding steroid dienone is 1. The maximum Gasteiger partial charge on any atom is 0.385 e. The van der Waals surface area contributed by atoms with Crippen molar-refractivity contribution in [3.05, 3.63) is 11.9 Å². The highest BCUT2D eigenvalue weighted by Gasteiger charge is 2.97. The Labute approximate surface area is 174 Å². The largest absolute Gasteiger partial charge is 0.385 e. The summed E-state index contributed by atoms with van der Waals surface area (Å²) in [7, 11) is 0. The number of hydrogen-bond donors (Lipinski definition) is 0. The Kier molecular flexibility index (Phi) is 7.89. The zero-order valence-corrected chi connectivity index (χ0v) is 14.8. The van der Waals surface area contributed by atoms with Crippen LogP contribution in [0.25, 0.3) is 0 Å². The van der Waals surface area contributed by atoms with E-state index in [1.54, 1.807) is 0 Å². The third-order valence-corrected chi connectivity index (χ3v) is 3.89. The molecular weight excluding hydrogens is 581 g/mol. The predicted molar refractivity (Wildman–Crippen MR) is 60.9 cm³/mol. The van der Waals surface area contributed by atoms with Gasteiger partial charge in [0.1, 0.15) is 0 Å². The van der Waals surface area contributed by atoms with Gasteiger partial charge in [0.2, 0.25) is 5.83 Å². The lowest BCUT2D eigenvalue weighted by molar-refractivity contribution is -0.464. The smallest absolute Gasteiger partial charge is 0.203 e. The maximum atomic E-state index is 13.3. The molecule has 0 spiro atoms. The van der Waals surface area contributed by atoms with Crippen LogP contribution in [-0.2, 0) is 0 Å². The molecule has 0 aromatic rings. The summed E-state index contributed by atoms with van der Waals surface area (Å²) in [6, 6.07) is 0. The van der Waals surface area contributed by atoms with Gasteiger partial charge in [0.05, 0.1) is 0 Å². The minimum atomic E-state index is -9.29. The van der Waals surface area contributed by atoms with Gasteiger partial charge in [-0.25, -0.2) is 8.78 Å². The van der Waals surface area contributed by atoms with Crippen molar-refractivity contribution in [2.24, 2.45) is 0 Å². The van der Waals surface area contributed by atoms with Crippen molar-refractivity contribution in [3.8, 4) is 0 Å². The molecule has 0 fully saturated rings. The van der Waals surface area contributed by atoms with Gasteiger partial charge in [-0.15, -0.1) is 0 Å². The molecule has 210 valence electrons. The molecule has 0 radical (unpaired) electrons. The third-order valence-electron chi connectivity index (χ3n) is 3.89. The van der Waals surface area contributed by atoms with E-state index >= 15 is 0 Å². The first kappa shape index (κ1) is 33.1. The Bertz CT molecular complexity index is 810. The Balaban J connectivity index is 7.14. The summed E-state index contributed by atoms with van der Waals surface area (Å²) in [5.41, 5.74) is 0. The molecule has 0 unspecified atom stereocenters. The molecule has 0 atom stereocenters. The Morgan fingerprint density at radius 2 is 0.600 bits per heavy atom. The Morgan fingerprint density at radius 3 is 0.829 bits per heavy atom. The van der Waals surface area contributed by atoms with E-state index in [0.29, 0.717) is 0 Å². The van der Waals surface area contributed by atoms with Gasteiger partial charge in [0.25, 0.3) is 0 Å². The molecule has 35 heavy (non-hydrogen) atoms. The van der Waals surface area contributed by atoms with E-state index in [4.69, 9.17) is 0 Å². The van der Waals surface area contributed by atoms with Crippen molar-refractivity contribution in [2.75, 3.05) is 0 Å². The van der Waals surface area contributed by atoms with Crippen LogP contribution in [0.1, 0.15) is 0 Å². The second-order valence-corrected chi connectivity index (χ2v) is 6.09. The second kappa shape index (κ2) is 8.33. The van der Waals surface area contributed by atoms with Gasteiger partial charge < -0.3 is 0 Å². The topological polar surface area (TPSA) is 0 Å². The molecule has 0 aromatic carbocycles. The average molecular weight is 582 g/mol. The fourth-order valence-electron chi connectivity index (χ4n) is 1.79. The zero-order chi connectivity index (χ0) is 29.2. The maximum absolute atomic E-state index is 13.3. The minimum absolute atomic E-state index is 4.73. The lowest BCUT2D eigenvalue weighted by Crippen LogP contribution is -2.76. The summed E-state index contributed by atoms with van der Waals surface area (Å²) >= 11 is 0. The summed E-state index contributed by atoms with van der Waals surface area (Å²) in [4.78, 5) is 0. The van der Waals surface area contributed by atoms with Gasteiger partial charge in [0, 0.05) is 0 Å². The summed E-state index contributed by atoms with van der Waals surface area (Å²) in [6.07, 6.45) is -10.9. The van der Waals surface area contributed by atoms with Crippen molar-refractivity contribution in [1.29, 1.82) is 0 Å². The van der Waals surface area contributed by atoms with Gasteiger partial charge in [-0.2, -0.15) is 92.2 Å². The lowest BCUT2D eigenvalue weighted by atomic mass is 9.86. The number of hydrogen-bond acceptors (Lipinski definition) is 0. The van der Waals surface area contributed by atoms with Crippen LogP contribution in [0.2, 0.25) is 0 Å². The molecule has 0 saturated heterocycles. The van der Waals surface area contributed by atoms with Crippen LogP contribution in [-0.4, -0.2) is 59.7 Å². The molecule has 0 N–H and O–H groups in total. The number of halogens is 23. The first-order valence-corrected chi connectivity index (χ1v) is 7.19. The Morgan fingerprint density at radius 1 is 0.371 bits per heavy atom. The average Bonchev–Trinajstić information content (AvgIpc) is 2.65. The highest BCUT2D eigenvalue weighted by molar-refractivity contribution is 5.21. The molecule has 0 aliphatic heterocycles. The van der Waals surface area contributed by atoms with Gasteiger partial charge in [-0.05, 0) is 0 Å². The van der Waals surface area contributed by atoms with E-state index in [2.05, 4.69) is 0 Å². The molecule has 23 heteroatoms. The quantitative estimate of drug-likeness (QED) is 0.229. The van der Waals surface area contributed by atoms with Crippen LogP contribution in [0.5, 0.6) is 0 Å². The summed E-state index contributed by atoms with van der Waals surface area (Å²) in [5, 5.41) is 0. The number of alkyl halides is 20. The fraction of sp³-hybridized carbons (Fsp3) is 0.833. The van der Waals surface area contributed by atoms with Crippen LogP contribution >= 0.6 is 0 Å². The Hall–Kier alpha value is -1.87. The molecule has 0 amide bonds. The molecule has 0 aromatic heterocycles. The predicted octanol–water partition coefficient (Wildman–Crippen LogP) is 8.05. The monoisotopic (exact) mass is 582 g/mol. The second-order valence-electron chi connectivity index (χ2n) is 6.09. The summed E-state index contributed by atoms with van der Waals surface area (Å²) in [5.74, 6) is -84.0. The standard InChI is InChI=1S/C12HF23/c13-1(2(14)15)4(18,19)6(22,23)8(26,27)10(30,31)12(34,35)11(32,33)9(28,29)7(24,25)5(20,21)3(16)17/h3H. The molecule has 0 bridgehead atoms. The van der Waals surface area contributed by atoms with Gasteiger partial charge in [-0.3, -0.25) is 0 Å². The first-order chi connectivity index (χ1) is 14.8. The first-order valence-electron chi connectivity index (χ1n) is 7.19. The zero-order valence-electron chi connectivity index (χ0n) is 14.8. The molecular formula is C12HF23. The molecule has 0 heterocycles. The lowest BCUT2D eigenvalue weighted by Gasteiger charge is -2.44. The van der Waals surface area contributed by atoms with Crippen molar-refractivity contribution in [3.63, 3.8) is 0 Å². The number of rotatable bonds is 10. The van der Waals surface area contributed by atoms with E-state index in [-0.39, 0.29) is 0 Å². The van der Waals surface area contributed by atoms with Crippen molar-refractivity contribution < 1.29 is 101 Å². The summed E-state index contributed by atoms with van der Waals surface area (Å²) in [6.45, 7) is 0. The van der Waals surface area contributed by atoms with Crippen LogP contribution in [0.3, 0.4) is 0 Å². The summed E-state index contributed by atoms with van der Waals surface area (Å²) < 4.78 is 295. The van der Waals surface area contributed by atoms with Crippen LogP contribution < -0.4 is 0 Å². The normalized spacial score (nSPS) is 16.1. The van der Waals surface area contributed by atoms with Crippen LogP contribution in [0.4, 0.5) is 101 Å². The third kappa shape index (κ3) is 3.93. The van der Waals surface area contributed by atoms with E-state index in [9.17, 15) is 101 Å². The highest BCUT2D eigenvalue weighted by atomic mass is 19.4. The van der Waals surface area contributed by atoms with Crippen molar-refractivity contribution in [1.82, 2.24) is 0 Å². The molecule has 0 rings (SSSR count). The minimum Gasteiger partial charge on any atom is -0.203 e. The molecule has 0 saturated carbocycles. The van der Waals surface area contributed by atoms with Crippen LogP contribution in [0.15, 0.2) is 11.9 Å². The van der Waals surface area contributed by atoms with E-state index in [1.807, 2.05) is 0 Å². The van der Waals surface area contributed by atoms with Gasteiger partial charge in [0.15, 0.2) is 0 Å². The van der Waals surface area contributed by atoms with Crippen molar-refractivity contribution >= 4 is 0 Å². The van der Waals surface area contributed by atoms with E-state index in [1.165, 1.54) is 0 Å². The molecule has 0 aliphatic rings. The van der Waals surface area contributed by atoms with E-state index in [0.717, 1.165) is 0 Å². The van der Waals surface area contributed by atoms with E-state index < -0.39 is 71.6 Å². The van der Waals surface area contributed by atoms with Gasteiger partial charge >= 0.3 is 65.8 Å². The molecule has 0 nitrogen and oxygen atoms in total. The van der Waals surface area contributed by atoms with Crippen molar-refractivity contribution in [2.45, 2.75) is 59.7 Å². The SMILES string of the molecule is FC(F)=C(F)C(F)(F)C(F)(F)C(F)(F)C(F)(F)C(F)(F)C(F)(F)C(F)(F)C(F)(F)C(F)(F)C(F)F. The van der Waals surface area contributed by atoms with Gasteiger partial charge in [-0.1, -0.05) is 0 Å². The molecule has 0 aliphatic carbocycles. The fourth-order valence-corrected chi connectivity index (χ4v) is 1.79. The van der Waals surface area contributed by atoms with Crippen LogP contribution in [0, 0.1) is 0 Å². The highest BCUT2D eigenvalue weighted by Crippen LogP contribution is 2.66.